The first kappa shape index (κ1) is 20.9. The van der Waals surface area contributed by atoms with E-state index in [1.807, 2.05) is 0 Å². The summed E-state index contributed by atoms with van der Waals surface area (Å²) in [5, 5.41) is 2.84. The molecule has 1 fully saturated rings. The molecule has 2 heterocycles. The van der Waals surface area contributed by atoms with E-state index in [1.165, 1.54) is 37.2 Å². The van der Waals surface area contributed by atoms with Gasteiger partial charge in [-0.3, -0.25) is 9.53 Å². The van der Waals surface area contributed by atoms with Crippen molar-refractivity contribution in [3.05, 3.63) is 42.2 Å². The van der Waals surface area contributed by atoms with Gasteiger partial charge in [-0.2, -0.15) is 0 Å². The first-order chi connectivity index (χ1) is 13.5. The first-order valence-electron chi connectivity index (χ1n) is 8.64. The Balaban J connectivity index is 1.64. The molecule has 0 bridgehead atoms. The number of carbonyl (C=O) groups excluding carboxylic acids is 1. The van der Waals surface area contributed by atoms with E-state index in [4.69, 9.17) is 0 Å². The molecule has 6 nitrogen and oxygen atoms in total. The van der Waals surface area contributed by atoms with Crippen LogP contribution in [-0.4, -0.2) is 51.9 Å². The van der Waals surface area contributed by atoms with Gasteiger partial charge in [0, 0.05) is 18.2 Å². The Morgan fingerprint density at radius 1 is 1.24 bits per heavy atom. The average Bonchev–Trinajstić information content (AvgIpc) is 2.65. The summed E-state index contributed by atoms with van der Waals surface area (Å²) in [7, 11) is 0. The van der Waals surface area contributed by atoms with Crippen molar-refractivity contribution in [2.75, 3.05) is 11.9 Å². The molecule has 0 saturated carbocycles. The van der Waals surface area contributed by atoms with Crippen molar-refractivity contribution in [2.45, 2.75) is 38.4 Å². The molecule has 1 N–H and O–H groups in total. The fourth-order valence-electron chi connectivity index (χ4n) is 2.96. The van der Waals surface area contributed by atoms with Crippen molar-refractivity contribution in [3.8, 4) is 11.3 Å². The number of aromatic nitrogens is 2. The minimum atomic E-state index is -4.75. The number of hydrogen-bond donors (Lipinski definition) is 1. The van der Waals surface area contributed by atoms with E-state index in [2.05, 4.69) is 20.0 Å². The summed E-state index contributed by atoms with van der Waals surface area (Å²) < 4.78 is 67.4. The molecular weight excluding hydrogens is 399 g/mol. The highest BCUT2D eigenvalue weighted by Crippen LogP contribution is 2.29. The summed E-state index contributed by atoms with van der Waals surface area (Å²) in [6.45, 7) is 2.83. The summed E-state index contributed by atoms with van der Waals surface area (Å²) >= 11 is 0. The molecule has 156 valence electrons. The zero-order valence-corrected chi connectivity index (χ0v) is 15.4. The molecule has 1 amide bonds. The van der Waals surface area contributed by atoms with Crippen LogP contribution in [0.15, 0.2) is 30.6 Å². The number of hydrogen-bond acceptors (Lipinski definition) is 5. The van der Waals surface area contributed by atoms with Crippen LogP contribution in [0.25, 0.3) is 11.3 Å². The molecule has 1 aromatic heterocycles. The Morgan fingerprint density at radius 2 is 1.97 bits per heavy atom. The van der Waals surface area contributed by atoms with Crippen LogP contribution in [-0.2, 0) is 9.53 Å². The number of ether oxygens (including phenoxy) is 1. The topological polar surface area (TPSA) is 67.4 Å². The number of alkyl halides is 3. The lowest BCUT2D eigenvalue weighted by atomic mass is 10.00. The minimum absolute atomic E-state index is 0.171. The van der Waals surface area contributed by atoms with Crippen LogP contribution < -0.4 is 5.32 Å². The number of anilines is 1. The lowest BCUT2D eigenvalue weighted by molar-refractivity contribution is -0.359. The van der Waals surface area contributed by atoms with E-state index in [0.29, 0.717) is 11.3 Å². The van der Waals surface area contributed by atoms with Gasteiger partial charge in [0.1, 0.15) is 24.3 Å². The van der Waals surface area contributed by atoms with Gasteiger partial charge in [0.05, 0.1) is 11.7 Å². The van der Waals surface area contributed by atoms with Gasteiger partial charge in [-0.15, -0.1) is 13.2 Å². The minimum Gasteiger partial charge on any atom is -0.359 e. The average molecular weight is 416 g/mol. The number of nitrogens with one attached hydrogen (secondary N) is 1. The molecule has 0 radical (unpaired) electrons. The van der Waals surface area contributed by atoms with Crippen molar-refractivity contribution in [2.24, 2.45) is 0 Å². The van der Waals surface area contributed by atoms with Gasteiger partial charge in [0.25, 0.3) is 0 Å². The molecular formula is C18H17F5N4O2. The van der Waals surface area contributed by atoms with E-state index in [-0.39, 0.29) is 12.4 Å². The lowest BCUT2D eigenvalue weighted by Gasteiger charge is -2.46. The molecule has 1 aliphatic rings. The fraction of sp³-hybridized carbons (Fsp3) is 0.389. The van der Waals surface area contributed by atoms with Crippen LogP contribution in [0.1, 0.15) is 13.8 Å². The number of benzene rings is 1. The number of halogens is 5. The zero-order valence-electron chi connectivity index (χ0n) is 15.4. The van der Waals surface area contributed by atoms with E-state index in [1.54, 1.807) is 0 Å². The van der Waals surface area contributed by atoms with Gasteiger partial charge in [-0.1, -0.05) is 0 Å². The Morgan fingerprint density at radius 3 is 2.59 bits per heavy atom. The summed E-state index contributed by atoms with van der Waals surface area (Å²) in [4.78, 5) is 21.7. The van der Waals surface area contributed by atoms with Gasteiger partial charge in [-0.25, -0.2) is 18.7 Å². The van der Waals surface area contributed by atoms with Crippen LogP contribution in [0.4, 0.5) is 27.8 Å². The Bertz CT molecular complexity index is 908. The molecule has 0 unspecified atom stereocenters. The number of rotatable bonds is 5. The second-order valence-corrected chi connectivity index (χ2v) is 6.62. The molecule has 2 aromatic rings. The van der Waals surface area contributed by atoms with Crippen molar-refractivity contribution in [3.63, 3.8) is 0 Å². The predicted molar refractivity (Wildman–Crippen MR) is 92.6 cm³/mol. The number of nitrogens with zero attached hydrogens (tertiary/aromatic N) is 3. The molecule has 1 saturated heterocycles. The second-order valence-electron chi connectivity index (χ2n) is 6.62. The quantitative estimate of drug-likeness (QED) is 0.758. The molecule has 0 spiro atoms. The highest BCUT2D eigenvalue weighted by Gasteiger charge is 2.46. The zero-order chi connectivity index (χ0) is 21.3. The molecule has 1 aliphatic heterocycles. The Hall–Kier alpha value is -2.82. The molecule has 3 atom stereocenters. The van der Waals surface area contributed by atoms with Crippen molar-refractivity contribution >= 4 is 11.7 Å². The predicted octanol–water partition coefficient (Wildman–Crippen LogP) is 3.36. The maximum absolute atomic E-state index is 13.4. The van der Waals surface area contributed by atoms with Gasteiger partial charge in [-0.05, 0) is 32.0 Å². The number of amides is 1. The first-order valence-corrected chi connectivity index (χ1v) is 8.64. The molecule has 3 rings (SSSR count). The molecule has 11 heteroatoms. The third-order valence-corrected chi connectivity index (χ3v) is 4.59. The summed E-state index contributed by atoms with van der Waals surface area (Å²) in [6, 6.07) is 3.23. The van der Waals surface area contributed by atoms with Crippen LogP contribution in [0.2, 0.25) is 0 Å². The second kappa shape index (κ2) is 7.90. The highest BCUT2D eigenvalue weighted by molar-refractivity contribution is 5.85. The smallest absolute Gasteiger partial charge is 0.359 e. The molecule has 1 aromatic carbocycles. The number of carbonyl (C=O) groups is 1. The maximum atomic E-state index is 13.4. The van der Waals surface area contributed by atoms with Gasteiger partial charge < -0.3 is 10.2 Å². The summed E-state index contributed by atoms with van der Waals surface area (Å²) in [5.74, 6) is -2.19. The van der Waals surface area contributed by atoms with Gasteiger partial charge in [0.15, 0.2) is 11.6 Å². The van der Waals surface area contributed by atoms with Crippen molar-refractivity contribution in [1.82, 2.24) is 14.9 Å². The third-order valence-electron chi connectivity index (χ3n) is 4.59. The third kappa shape index (κ3) is 4.78. The largest absolute Gasteiger partial charge is 0.522 e. The van der Waals surface area contributed by atoms with Gasteiger partial charge >= 0.3 is 6.36 Å². The van der Waals surface area contributed by atoms with E-state index in [0.717, 1.165) is 12.1 Å². The summed E-state index contributed by atoms with van der Waals surface area (Å²) in [5.41, 5.74) is 0.619. The van der Waals surface area contributed by atoms with Crippen LogP contribution in [0.3, 0.4) is 0 Å². The monoisotopic (exact) mass is 416 g/mol. The van der Waals surface area contributed by atoms with E-state index in [9.17, 15) is 26.7 Å². The Labute approximate surface area is 162 Å². The standard InChI is InChI=1S/C18H17F5N4O2/c1-9(17(28)27-7-15(10(27)2)29-18(21,22)23)26-16-6-14(24-8-25-16)11-3-4-12(19)13(20)5-11/h3-6,8-10,15H,7H2,1-2H3,(H,24,25,26)/t9-,10+,15+/m1/s1. The fourth-order valence-corrected chi connectivity index (χ4v) is 2.96. The highest BCUT2D eigenvalue weighted by atomic mass is 19.4. The normalized spacial score (nSPS) is 20.2. The SMILES string of the molecule is C[C@@H](Nc1cc(-c2ccc(F)c(F)c2)ncn1)C(=O)N1C[C@H](OC(F)(F)F)[C@@H]1C. The van der Waals surface area contributed by atoms with Crippen LogP contribution in [0, 0.1) is 11.6 Å². The van der Waals surface area contributed by atoms with Gasteiger partial charge in [0.2, 0.25) is 5.91 Å². The maximum Gasteiger partial charge on any atom is 0.522 e. The summed E-state index contributed by atoms with van der Waals surface area (Å²) in [6.07, 6.45) is -4.67. The van der Waals surface area contributed by atoms with Crippen molar-refractivity contribution < 1.29 is 31.5 Å². The van der Waals surface area contributed by atoms with Crippen molar-refractivity contribution in [1.29, 1.82) is 0 Å². The molecule has 0 aliphatic carbocycles. The molecule has 29 heavy (non-hydrogen) atoms. The van der Waals surface area contributed by atoms with E-state index >= 15 is 0 Å². The lowest BCUT2D eigenvalue weighted by Crippen LogP contribution is -2.64. The Kier molecular flexibility index (Phi) is 5.69. The van der Waals surface area contributed by atoms with E-state index < -0.39 is 42.1 Å². The van der Waals surface area contributed by atoms with Crippen LogP contribution in [0.5, 0.6) is 0 Å². The van der Waals surface area contributed by atoms with Crippen LogP contribution >= 0.6 is 0 Å². The number of likely N-dealkylation sites (tertiary alicyclic amines) is 1.